The van der Waals surface area contributed by atoms with Crippen LogP contribution < -0.4 is 16.4 Å². The molecule has 4 N–H and O–H groups in total. The second-order valence-electron chi connectivity index (χ2n) is 7.31. The van der Waals surface area contributed by atoms with Gasteiger partial charge in [0.05, 0.1) is 0 Å². The third-order valence-corrected chi connectivity index (χ3v) is 4.81. The highest BCUT2D eigenvalue weighted by Crippen LogP contribution is 2.37. The van der Waals surface area contributed by atoms with Gasteiger partial charge in [-0.15, -0.1) is 0 Å². The molecule has 1 saturated carbocycles. The Morgan fingerprint density at radius 2 is 2.00 bits per heavy atom. The molecule has 1 heterocycles. The molecule has 0 bridgehead atoms. The number of nitrogens with zero attached hydrogens (tertiary/aromatic N) is 1. The maximum absolute atomic E-state index is 12.3. The molecule has 0 aliphatic heterocycles. The minimum atomic E-state index is -0.111. The van der Waals surface area contributed by atoms with Crippen LogP contribution in [-0.4, -0.2) is 23.0 Å². The van der Waals surface area contributed by atoms with Crippen molar-refractivity contribution in [3.05, 3.63) is 4.88 Å². The zero-order valence-electron chi connectivity index (χ0n) is 13.4. The van der Waals surface area contributed by atoms with Crippen LogP contribution in [0.5, 0.6) is 0 Å². The summed E-state index contributed by atoms with van der Waals surface area (Å²) in [5, 5.41) is 6.96. The van der Waals surface area contributed by atoms with Crippen molar-refractivity contribution < 1.29 is 4.79 Å². The Morgan fingerprint density at radius 1 is 1.38 bits per heavy atom. The van der Waals surface area contributed by atoms with Crippen molar-refractivity contribution in [3.8, 4) is 0 Å². The number of rotatable bonds is 4. The van der Waals surface area contributed by atoms with E-state index in [-0.39, 0.29) is 16.9 Å². The van der Waals surface area contributed by atoms with Gasteiger partial charge in [0, 0.05) is 12.1 Å². The average Bonchev–Trinajstić information content (AvgIpc) is 2.92. The number of carbonyl (C=O) groups is 1. The molecule has 0 saturated heterocycles. The van der Waals surface area contributed by atoms with Crippen molar-refractivity contribution in [2.75, 3.05) is 17.6 Å². The van der Waals surface area contributed by atoms with E-state index in [0.717, 1.165) is 0 Å². The fourth-order valence-electron chi connectivity index (χ4n) is 2.65. The summed E-state index contributed by atoms with van der Waals surface area (Å²) in [4.78, 5) is 17.0. The molecule has 1 amide bonds. The van der Waals surface area contributed by atoms with Crippen LogP contribution in [0.15, 0.2) is 0 Å². The monoisotopic (exact) mass is 310 g/mol. The topological polar surface area (TPSA) is 80.0 Å². The van der Waals surface area contributed by atoms with Crippen LogP contribution >= 0.6 is 11.3 Å². The van der Waals surface area contributed by atoms with Crippen LogP contribution in [0.4, 0.5) is 10.9 Å². The molecule has 1 fully saturated rings. The average molecular weight is 310 g/mol. The molecule has 0 radical (unpaired) electrons. The number of hydrogen-bond donors (Lipinski definition) is 3. The minimum absolute atomic E-state index is 0.102. The summed E-state index contributed by atoms with van der Waals surface area (Å²) in [7, 11) is 0. The van der Waals surface area contributed by atoms with Crippen molar-refractivity contribution in [1.82, 2.24) is 10.3 Å². The Hall–Kier alpha value is -1.30. The lowest BCUT2D eigenvalue weighted by Crippen LogP contribution is -2.34. The predicted octanol–water partition coefficient (Wildman–Crippen LogP) is 3.25. The summed E-state index contributed by atoms with van der Waals surface area (Å²) in [6.45, 7) is 9.09. The first-order chi connectivity index (χ1) is 9.69. The summed E-state index contributed by atoms with van der Waals surface area (Å²) >= 11 is 1.32. The molecule has 1 aromatic heterocycles. The van der Waals surface area contributed by atoms with Gasteiger partial charge in [-0.3, -0.25) is 4.79 Å². The Morgan fingerprint density at radius 3 is 2.57 bits per heavy atom. The van der Waals surface area contributed by atoms with Gasteiger partial charge in [0.1, 0.15) is 10.7 Å². The van der Waals surface area contributed by atoms with E-state index in [2.05, 4.69) is 22.5 Å². The van der Waals surface area contributed by atoms with Crippen molar-refractivity contribution in [1.29, 1.82) is 0 Å². The normalized spacial score (nSPS) is 17.7. The molecule has 0 aromatic carbocycles. The first-order valence-corrected chi connectivity index (χ1v) is 8.33. The number of nitrogens with one attached hydrogen (secondary N) is 2. The first kappa shape index (κ1) is 16.1. The van der Waals surface area contributed by atoms with Crippen molar-refractivity contribution in [2.24, 2.45) is 5.41 Å². The van der Waals surface area contributed by atoms with Gasteiger partial charge in [-0.25, -0.2) is 4.98 Å². The molecular weight excluding hydrogens is 284 g/mol. The quantitative estimate of drug-likeness (QED) is 0.797. The predicted molar refractivity (Wildman–Crippen MR) is 88.8 cm³/mol. The standard InChI is InChI=1S/C15H26N4OS/c1-14(2,3)19-13-18-11(16)10(21-13)12(20)17-9-15(4)7-5-6-8-15/h5-9,16H2,1-4H3,(H,17,20)(H,18,19). The molecule has 2 rings (SSSR count). The zero-order chi connectivity index (χ0) is 15.7. The number of thiazole rings is 1. The lowest BCUT2D eigenvalue weighted by Gasteiger charge is -2.23. The first-order valence-electron chi connectivity index (χ1n) is 7.51. The fourth-order valence-corrected chi connectivity index (χ4v) is 3.66. The Balaban J connectivity index is 1.99. The highest BCUT2D eigenvalue weighted by molar-refractivity contribution is 7.18. The lowest BCUT2D eigenvalue weighted by atomic mass is 9.89. The molecule has 21 heavy (non-hydrogen) atoms. The number of hydrogen-bond acceptors (Lipinski definition) is 5. The van der Waals surface area contributed by atoms with Crippen molar-refractivity contribution >= 4 is 28.2 Å². The van der Waals surface area contributed by atoms with E-state index < -0.39 is 0 Å². The number of nitrogens with two attached hydrogens (primary N) is 1. The van der Waals surface area contributed by atoms with Gasteiger partial charge in [0.25, 0.3) is 5.91 Å². The van der Waals surface area contributed by atoms with E-state index in [1.807, 2.05) is 20.8 Å². The molecule has 0 atom stereocenters. The number of nitrogen functional groups attached to an aromatic ring is 1. The maximum Gasteiger partial charge on any atom is 0.265 e. The van der Waals surface area contributed by atoms with Gasteiger partial charge in [-0.05, 0) is 39.0 Å². The molecule has 1 aliphatic rings. The second-order valence-corrected chi connectivity index (χ2v) is 8.31. The molecular formula is C15H26N4OS. The molecule has 118 valence electrons. The molecule has 0 unspecified atom stereocenters. The smallest absolute Gasteiger partial charge is 0.265 e. The van der Waals surface area contributed by atoms with Crippen LogP contribution in [0.1, 0.15) is 63.0 Å². The third-order valence-electron chi connectivity index (χ3n) is 3.83. The van der Waals surface area contributed by atoms with Crippen LogP contribution in [0.2, 0.25) is 0 Å². The SMILES string of the molecule is CC1(CNC(=O)c2sc(NC(C)(C)C)nc2N)CCCC1. The van der Waals surface area contributed by atoms with E-state index in [1.165, 1.54) is 37.0 Å². The van der Waals surface area contributed by atoms with Crippen molar-refractivity contribution in [3.63, 3.8) is 0 Å². The number of carbonyl (C=O) groups excluding carboxylic acids is 1. The third kappa shape index (κ3) is 4.33. The van der Waals surface area contributed by atoms with Crippen LogP contribution in [0.25, 0.3) is 0 Å². The Bertz CT molecular complexity index is 512. The van der Waals surface area contributed by atoms with Crippen LogP contribution in [0.3, 0.4) is 0 Å². The van der Waals surface area contributed by atoms with E-state index in [0.29, 0.717) is 22.4 Å². The van der Waals surface area contributed by atoms with Crippen LogP contribution in [-0.2, 0) is 0 Å². The van der Waals surface area contributed by atoms with Gasteiger partial charge in [0.15, 0.2) is 5.13 Å². The Labute approximate surface area is 130 Å². The van der Waals surface area contributed by atoms with Gasteiger partial charge in [-0.2, -0.15) is 0 Å². The van der Waals surface area contributed by atoms with Gasteiger partial charge < -0.3 is 16.4 Å². The van der Waals surface area contributed by atoms with Crippen LogP contribution in [0, 0.1) is 5.41 Å². The van der Waals surface area contributed by atoms with Gasteiger partial charge in [-0.1, -0.05) is 31.1 Å². The Kier molecular flexibility index (Phi) is 4.46. The van der Waals surface area contributed by atoms with E-state index in [9.17, 15) is 4.79 Å². The largest absolute Gasteiger partial charge is 0.382 e. The van der Waals surface area contributed by atoms with E-state index >= 15 is 0 Å². The van der Waals surface area contributed by atoms with Crippen molar-refractivity contribution in [2.45, 2.75) is 58.9 Å². The molecule has 1 aliphatic carbocycles. The van der Waals surface area contributed by atoms with E-state index in [1.54, 1.807) is 0 Å². The van der Waals surface area contributed by atoms with Gasteiger partial charge >= 0.3 is 0 Å². The molecule has 5 nitrogen and oxygen atoms in total. The maximum atomic E-state index is 12.3. The molecule has 6 heteroatoms. The minimum Gasteiger partial charge on any atom is -0.382 e. The summed E-state index contributed by atoms with van der Waals surface area (Å²) in [5.41, 5.74) is 6.01. The van der Waals surface area contributed by atoms with Gasteiger partial charge in [0.2, 0.25) is 0 Å². The molecule has 0 spiro atoms. The number of amides is 1. The summed E-state index contributed by atoms with van der Waals surface area (Å²) in [5.74, 6) is 0.195. The highest BCUT2D eigenvalue weighted by Gasteiger charge is 2.29. The summed E-state index contributed by atoms with van der Waals surface area (Å²) in [6.07, 6.45) is 4.88. The summed E-state index contributed by atoms with van der Waals surface area (Å²) < 4.78 is 0. The molecule has 1 aromatic rings. The number of anilines is 2. The van der Waals surface area contributed by atoms with E-state index in [4.69, 9.17) is 5.73 Å². The zero-order valence-corrected chi connectivity index (χ0v) is 14.2. The second kappa shape index (κ2) is 5.83. The summed E-state index contributed by atoms with van der Waals surface area (Å²) in [6, 6.07) is 0. The highest BCUT2D eigenvalue weighted by atomic mass is 32.1. The number of aromatic nitrogens is 1. The lowest BCUT2D eigenvalue weighted by molar-refractivity contribution is 0.0939. The fraction of sp³-hybridized carbons (Fsp3) is 0.733.